The highest BCUT2D eigenvalue weighted by molar-refractivity contribution is 5.91. The molecule has 3 rings (SSSR count). The smallest absolute Gasteiger partial charge is 0.275 e. The highest BCUT2D eigenvalue weighted by atomic mass is 16.5. The predicted octanol–water partition coefficient (Wildman–Crippen LogP) is 1.80. The van der Waals surface area contributed by atoms with Crippen molar-refractivity contribution in [3.63, 3.8) is 0 Å². The number of hydrogen-bond acceptors (Lipinski definition) is 6. The Bertz CT molecular complexity index is 851. The standard InChI is InChI=1S/C21H31N5O3/c1-15-11-20(29-4)16(2)10-17(15)12-25-7-5-6-18(13-25)26-14-19(22-23-26)21(28)24(3)8-9-27/h10-11,14,18,27H,5-9,12-13H2,1-4H3/t18-/m0/s1. The van der Waals surface area contributed by atoms with Crippen LogP contribution < -0.4 is 4.74 Å². The summed E-state index contributed by atoms with van der Waals surface area (Å²) >= 11 is 0. The number of piperidine rings is 1. The van der Waals surface area contributed by atoms with Crippen LogP contribution in [-0.4, -0.2) is 76.2 Å². The number of amides is 1. The second kappa shape index (κ2) is 9.37. The number of methoxy groups -OCH3 is 1. The molecule has 158 valence electrons. The zero-order chi connectivity index (χ0) is 21.0. The lowest BCUT2D eigenvalue weighted by Gasteiger charge is -2.33. The summed E-state index contributed by atoms with van der Waals surface area (Å²) in [6, 6.07) is 4.51. The maximum absolute atomic E-state index is 12.3. The normalized spacial score (nSPS) is 17.3. The first kappa shape index (κ1) is 21.3. The third kappa shape index (κ3) is 4.94. The summed E-state index contributed by atoms with van der Waals surface area (Å²) in [5, 5.41) is 17.3. The van der Waals surface area contributed by atoms with Crippen LogP contribution in [0.15, 0.2) is 18.3 Å². The van der Waals surface area contributed by atoms with E-state index < -0.39 is 0 Å². The highest BCUT2D eigenvalue weighted by Crippen LogP contribution is 2.26. The summed E-state index contributed by atoms with van der Waals surface area (Å²) in [4.78, 5) is 16.2. The Morgan fingerprint density at radius 2 is 2.14 bits per heavy atom. The van der Waals surface area contributed by atoms with Gasteiger partial charge < -0.3 is 14.7 Å². The van der Waals surface area contributed by atoms with E-state index in [2.05, 4.69) is 41.2 Å². The van der Waals surface area contributed by atoms with Crippen LogP contribution in [-0.2, 0) is 6.54 Å². The minimum Gasteiger partial charge on any atom is -0.496 e. The summed E-state index contributed by atoms with van der Waals surface area (Å²) in [5.74, 6) is 0.705. The van der Waals surface area contributed by atoms with Gasteiger partial charge in [0.15, 0.2) is 5.69 Å². The number of aliphatic hydroxyl groups is 1. The van der Waals surface area contributed by atoms with E-state index in [1.807, 2.05) is 4.68 Å². The van der Waals surface area contributed by atoms with Crippen LogP contribution in [0.25, 0.3) is 0 Å². The number of carbonyl (C=O) groups excluding carboxylic acids is 1. The van der Waals surface area contributed by atoms with E-state index in [9.17, 15) is 4.79 Å². The fourth-order valence-corrected chi connectivity index (χ4v) is 3.87. The first-order chi connectivity index (χ1) is 13.9. The van der Waals surface area contributed by atoms with E-state index in [1.54, 1.807) is 20.4 Å². The average Bonchev–Trinajstić information content (AvgIpc) is 3.20. The van der Waals surface area contributed by atoms with Crippen LogP contribution in [0.2, 0.25) is 0 Å². The van der Waals surface area contributed by atoms with E-state index in [1.165, 1.54) is 16.0 Å². The molecule has 29 heavy (non-hydrogen) atoms. The molecule has 0 radical (unpaired) electrons. The molecule has 1 amide bonds. The van der Waals surface area contributed by atoms with Crippen molar-refractivity contribution in [2.24, 2.45) is 0 Å². The number of nitrogens with zero attached hydrogens (tertiary/aromatic N) is 5. The molecular formula is C21H31N5O3. The highest BCUT2D eigenvalue weighted by Gasteiger charge is 2.24. The molecule has 1 N–H and O–H groups in total. The molecule has 8 heteroatoms. The molecule has 1 aliphatic heterocycles. The third-order valence-corrected chi connectivity index (χ3v) is 5.61. The molecule has 1 atom stereocenters. The molecule has 0 aliphatic carbocycles. The number of benzene rings is 1. The first-order valence-corrected chi connectivity index (χ1v) is 10.1. The SMILES string of the molecule is COc1cc(C)c(CN2CCC[C@H](n3cc(C(=O)N(C)CCO)nn3)C2)cc1C. The fraction of sp³-hybridized carbons (Fsp3) is 0.571. The summed E-state index contributed by atoms with van der Waals surface area (Å²) < 4.78 is 7.24. The lowest BCUT2D eigenvalue weighted by molar-refractivity contribution is 0.0761. The van der Waals surface area contributed by atoms with Gasteiger partial charge in [0.25, 0.3) is 5.91 Å². The second-order valence-electron chi connectivity index (χ2n) is 7.81. The molecule has 8 nitrogen and oxygen atoms in total. The predicted molar refractivity (Wildman–Crippen MR) is 110 cm³/mol. The largest absolute Gasteiger partial charge is 0.496 e. The molecule has 1 aliphatic rings. The van der Waals surface area contributed by atoms with Crippen molar-refractivity contribution in [2.45, 2.75) is 39.3 Å². The van der Waals surface area contributed by atoms with Gasteiger partial charge in [-0.3, -0.25) is 9.69 Å². The van der Waals surface area contributed by atoms with Crippen molar-refractivity contribution in [3.8, 4) is 5.75 Å². The molecule has 1 fully saturated rings. The van der Waals surface area contributed by atoms with Gasteiger partial charge in [0.05, 0.1) is 26.0 Å². The first-order valence-electron chi connectivity index (χ1n) is 10.1. The van der Waals surface area contributed by atoms with Gasteiger partial charge in [-0.2, -0.15) is 0 Å². The van der Waals surface area contributed by atoms with Crippen LogP contribution in [0.1, 0.15) is 46.1 Å². The summed E-state index contributed by atoms with van der Waals surface area (Å²) in [6.45, 7) is 7.20. The Balaban J connectivity index is 1.67. The Morgan fingerprint density at radius 3 is 2.86 bits per heavy atom. The fourth-order valence-electron chi connectivity index (χ4n) is 3.87. The molecule has 1 saturated heterocycles. The lowest BCUT2D eigenvalue weighted by atomic mass is 10.0. The van der Waals surface area contributed by atoms with Gasteiger partial charge in [0.1, 0.15) is 5.75 Å². The quantitative estimate of drug-likeness (QED) is 0.762. The van der Waals surface area contributed by atoms with Gasteiger partial charge >= 0.3 is 0 Å². The van der Waals surface area contributed by atoms with E-state index in [4.69, 9.17) is 9.84 Å². The molecule has 1 aromatic heterocycles. The zero-order valence-corrected chi connectivity index (χ0v) is 17.8. The Hall–Kier alpha value is -2.45. The number of rotatable bonds is 7. The number of hydrogen-bond donors (Lipinski definition) is 1. The number of aryl methyl sites for hydroxylation is 2. The van der Waals surface area contributed by atoms with Crippen LogP contribution in [0.4, 0.5) is 0 Å². The van der Waals surface area contributed by atoms with Crippen molar-refractivity contribution in [1.82, 2.24) is 24.8 Å². The van der Waals surface area contributed by atoms with Crippen molar-refractivity contribution >= 4 is 5.91 Å². The van der Waals surface area contributed by atoms with E-state index in [-0.39, 0.29) is 25.1 Å². The van der Waals surface area contributed by atoms with Crippen molar-refractivity contribution in [3.05, 3.63) is 40.7 Å². The van der Waals surface area contributed by atoms with Gasteiger partial charge in [0, 0.05) is 26.7 Å². The summed E-state index contributed by atoms with van der Waals surface area (Å²) in [6.07, 6.45) is 3.82. The molecule has 0 unspecified atom stereocenters. The van der Waals surface area contributed by atoms with Gasteiger partial charge in [-0.25, -0.2) is 4.68 Å². The Morgan fingerprint density at radius 1 is 1.34 bits per heavy atom. The number of carbonyl (C=O) groups is 1. The molecule has 2 aromatic rings. The molecule has 0 bridgehead atoms. The number of likely N-dealkylation sites (N-methyl/N-ethyl adjacent to an activating group) is 1. The zero-order valence-electron chi connectivity index (χ0n) is 17.8. The maximum atomic E-state index is 12.3. The number of likely N-dealkylation sites (tertiary alicyclic amines) is 1. The minimum atomic E-state index is -0.220. The van der Waals surface area contributed by atoms with Crippen molar-refractivity contribution < 1.29 is 14.6 Å². The number of aliphatic hydroxyl groups excluding tert-OH is 1. The molecule has 0 spiro atoms. The minimum absolute atomic E-state index is 0.0712. The van der Waals surface area contributed by atoms with E-state index in [0.717, 1.165) is 43.8 Å². The monoisotopic (exact) mass is 401 g/mol. The van der Waals surface area contributed by atoms with Gasteiger partial charge in [-0.1, -0.05) is 11.3 Å². The molecule has 2 heterocycles. The molecular weight excluding hydrogens is 370 g/mol. The third-order valence-electron chi connectivity index (χ3n) is 5.61. The molecule has 1 aromatic carbocycles. The average molecular weight is 402 g/mol. The van der Waals surface area contributed by atoms with Crippen LogP contribution in [0.5, 0.6) is 5.75 Å². The van der Waals surface area contributed by atoms with Crippen LogP contribution in [0, 0.1) is 13.8 Å². The van der Waals surface area contributed by atoms with Gasteiger partial charge in [0.2, 0.25) is 0 Å². The number of ether oxygens (including phenoxy) is 1. The van der Waals surface area contributed by atoms with E-state index in [0.29, 0.717) is 5.69 Å². The summed E-state index contributed by atoms with van der Waals surface area (Å²) in [5.41, 5.74) is 4.01. The maximum Gasteiger partial charge on any atom is 0.275 e. The van der Waals surface area contributed by atoms with E-state index >= 15 is 0 Å². The lowest BCUT2D eigenvalue weighted by Crippen LogP contribution is -2.36. The van der Waals surface area contributed by atoms with Crippen molar-refractivity contribution in [1.29, 1.82) is 0 Å². The Kier molecular flexibility index (Phi) is 6.87. The van der Waals surface area contributed by atoms with Crippen LogP contribution >= 0.6 is 0 Å². The van der Waals surface area contributed by atoms with Gasteiger partial charge in [-0.05, 0) is 56.0 Å². The molecule has 0 saturated carbocycles. The van der Waals surface area contributed by atoms with Gasteiger partial charge in [-0.15, -0.1) is 5.10 Å². The Labute approximate surface area is 172 Å². The second-order valence-corrected chi connectivity index (χ2v) is 7.81. The van der Waals surface area contributed by atoms with Crippen molar-refractivity contribution in [2.75, 3.05) is 40.4 Å². The number of aromatic nitrogens is 3. The summed E-state index contributed by atoms with van der Waals surface area (Å²) in [7, 11) is 3.36. The topological polar surface area (TPSA) is 83.7 Å². The van der Waals surface area contributed by atoms with Crippen LogP contribution in [0.3, 0.4) is 0 Å².